The van der Waals surface area contributed by atoms with E-state index in [1.807, 2.05) is 6.92 Å². The van der Waals surface area contributed by atoms with Crippen LogP contribution in [0.25, 0.3) is 0 Å². The Hall–Kier alpha value is -0.530. The van der Waals surface area contributed by atoms with E-state index in [1.165, 1.54) is 12.8 Å². The van der Waals surface area contributed by atoms with Gasteiger partial charge in [-0.15, -0.1) is 0 Å². The predicted molar refractivity (Wildman–Crippen MR) is 47.9 cm³/mol. The van der Waals surface area contributed by atoms with Gasteiger partial charge in [0.15, 0.2) is 0 Å². The summed E-state index contributed by atoms with van der Waals surface area (Å²) in [7, 11) is 0. The summed E-state index contributed by atoms with van der Waals surface area (Å²) >= 11 is 0. The Bertz CT molecular complexity index is 161. The maximum absolute atomic E-state index is 10.4. The summed E-state index contributed by atoms with van der Waals surface area (Å²) in [5.41, 5.74) is 0. The molecule has 0 aromatic heterocycles. The summed E-state index contributed by atoms with van der Waals surface area (Å²) in [6.07, 6.45) is 4.13. The SMILES string of the molecule is CC(CC(=O)O)CC(C)C1CC1. The number of carbonyl (C=O) groups is 1. The fraction of sp³-hybridized carbons (Fsp3) is 0.900. The van der Waals surface area contributed by atoms with Crippen LogP contribution in [0.1, 0.15) is 39.5 Å². The highest BCUT2D eigenvalue weighted by Crippen LogP contribution is 2.39. The van der Waals surface area contributed by atoms with E-state index in [-0.39, 0.29) is 0 Å². The monoisotopic (exact) mass is 170 g/mol. The number of hydrogen-bond acceptors (Lipinski definition) is 1. The summed E-state index contributed by atoms with van der Waals surface area (Å²) in [4.78, 5) is 10.4. The van der Waals surface area contributed by atoms with Crippen LogP contribution in [0.3, 0.4) is 0 Å². The molecule has 0 aromatic rings. The molecule has 0 spiro atoms. The largest absolute Gasteiger partial charge is 0.481 e. The number of carboxylic acids is 1. The van der Waals surface area contributed by atoms with E-state index in [2.05, 4.69) is 6.92 Å². The highest BCUT2D eigenvalue weighted by molar-refractivity contribution is 5.66. The van der Waals surface area contributed by atoms with Gasteiger partial charge in [-0.05, 0) is 37.0 Å². The van der Waals surface area contributed by atoms with Gasteiger partial charge in [0.05, 0.1) is 0 Å². The Labute approximate surface area is 74.0 Å². The second-order valence-corrected chi connectivity index (χ2v) is 4.25. The minimum Gasteiger partial charge on any atom is -0.481 e. The van der Waals surface area contributed by atoms with Crippen molar-refractivity contribution in [3.8, 4) is 0 Å². The molecule has 12 heavy (non-hydrogen) atoms. The van der Waals surface area contributed by atoms with Crippen molar-refractivity contribution in [2.24, 2.45) is 17.8 Å². The van der Waals surface area contributed by atoms with Crippen LogP contribution in [0.4, 0.5) is 0 Å². The number of hydrogen-bond donors (Lipinski definition) is 1. The summed E-state index contributed by atoms with van der Waals surface area (Å²) in [6.45, 7) is 4.28. The molecule has 2 heteroatoms. The molecule has 0 radical (unpaired) electrons. The Morgan fingerprint density at radius 1 is 1.50 bits per heavy atom. The molecule has 0 heterocycles. The van der Waals surface area contributed by atoms with E-state index in [0.717, 1.165) is 18.3 Å². The minimum absolute atomic E-state index is 0.330. The highest BCUT2D eigenvalue weighted by atomic mass is 16.4. The predicted octanol–water partition coefficient (Wildman–Crippen LogP) is 2.53. The van der Waals surface area contributed by atoms with Crippen LogP contribution >= 0.6 is 0 Å². The molecule has 1 aliphatic carbocycles. The van der Waals surface area contributed by atoms with Crippen molar-refractivity contribution in [3.63, 3.8) is 0 Å². The molecule has 1 aliphatic rings. The second kappa shape index (κ2) is 3.92. The summed E-state index contributed by atoms with van der Waals surface area (Å²) in [6, 6.07) is 0. The zero-order valence-corrected chi connectivity index (χ0v) is 7.92. The van der Waals surface area contributed by atoms with Gasteiger partial charge in [-0.25, -0.2) is 0 Å². The Kier molecular flexibility index (Phi) is 3.12. The van der Waals surface area contributed by atoms with Gasteiger partial charge in [-0.1, -0.05) is 13.8 Å². The molecule has 1 fully saturated rings. The van der Waals surface area contributed by atoms with Gasteiger partial charge in [0.1, 0.15) is 0 Å². The van der Waals surface area contributed by atoms with Crippen molar-refractivity contribution in [3.05, 3.63) is 0 Å². The highest BCUT2D eigenvalue weighted by Gasteiger charge is 2.28. The lowest BCUT2D eigenvalue weighted by Crippen LogP contribution is -2.09. The van der Waals surface area contributed by atoms with Gasteiger partial charge in [0.25, 0.3) is 0 Å². The topological polar surface area (TPSA) is 37.3 Å². The quantitative estimate of drug-likeness (QED) is 0.688. The maximum atomic E-state index is 10.4. The summed E-state index contributed by atoms with van der Waals surface area (Å²) in [5.74, 6) is 1.32. The first-order valence-electron chi connectivity index (χ1n) is 4.81. The molecule has 0 bridgehead atoms. The molecule has 2 atom stereocenters. The van der Waals surface area contributed by atoms with Gasteiger partial charge < -0.3 is 5.11 Å². The van der Waals surface area contributed by atoms with Gasteiger partial charge in [0.2, 0.25) is 0 Å². The molecular formula is C10H18O2. The second-order valence-electron chi connectivity index (χ2n) is 4.25. The van der Waals surface area contributed by atoms with Crippen molar-refractivity contribution < 1.29 is 9.90 Å². The molecule has 0 amide bonds. The molecular weight excluding hydrogens is 152 g/mol. The van der Waals surface area contributed by atoms with E-state index >= 15 is 0 Å². The van der Waals surface area contributed by atoms with E-state index < -0.39 is 5.97 Å². The van der Waals surface area contributed by atoms with Crippen LogP contribution in [0.15, 0.2) is 0 Å². The normalized spacial score (nSPS) is 21.8. The molecule has 1 rings (SSSR count). The summed E-state index contributed by atoms with van der Waals surface area (Å²) in [5, 5.41) is 8.55. The summed E-state index contributed by atoms with van der Waals surface area (Å²) < 4.78 is 0. The number of aliphatic carboxylic acids is 1. The molecule has 1 saturated carbocycles. The fourth-order valence-electron chi connectivity index (χ4n) is 1.87. The molecule has 70 valence electrons. The zero-order chi connectivity index (χ0) is 9.14. The van der Waals surface area contributed by atoms with Crippen LogP contribution in [-0.4, -0.2) is 11.1 Å². The lowest BCUT2D eigenvalue weighted by atomic mass is 9.92. The minimum atomic E-state index is -0.662. The first-order chi connectivity index (χ1) is 5.59. The van der Waals surface area contributed by atoms with Crippen LogP contribution in [0, 0.1) is 17.8 Å². The third-order valence-electron chi connectivity index (χ3n) is 2.72. The zero-order valence-electron chi connectivity index (χ0n) is 7.92. The van der Waals surface area contributed by atoms with Crippen molar-refractivity contribution in [2.75, 3.05) is 0 Å². The molecule has 0 aliphatic heterocycles. The van der Waals surface area contributed by atoms with Crippen molar-refractivity contribution >= 4 is 5.97 Å². The van der Waals surface area contributed by atoms with Crippen LogP contribution in [0.2, 0.25) is 0 Å². The van der Waals surface area contributed by atoms with Crippen molar-refractivity contribution in [2.45, 2.75) is 39.5 Å². The van der Waals surface area contributed by atoms with Gasteiger partial charge in [0, 0.05) is 6.42 Å². The third-order valence-corrected chi connectivity index (χ3v) is 2.72. The fourth-order valence-corrected chi connectivity index (χ4v) is 1.87. The first-order valence-corrected chi connectivity index (χ1v) is 4.81. The molecule has 0 saturated heterocycles. The Balaban J connectivity index is 2.15. The van der Waals surface area contributed by atoms with Crippen LogP contribution < -0.4 is 0 Å². The van der Waals surface area contributed by atoms with Crippen molar-refractivity contribution in [1.82, 2.24) is 0 Å². The smallest absolute Gasteiger partial charge is 0.303 e. The van der Waals surface area contributed by atoms with E-state index in [0.29, 0.717) is 12.3 Å². The molecule has 1 N–H and O–H groups in total. The number of rotatable bonds is 5. The molecule has 0 aromatic carbocycles. The average molecular weight is 170 g/mol. The van der Waals surface area contributed by atoms with Crippen LogP contribution in [0.5, 0.6) is 0 Å². The van der Waals surface area contributed by atoms with Gasteiger partial charge >= 0.3 is 5.97 Å². The Morgan fingerprint density at radius 2 is 2.08 bits per heavy atom. The third kappa shape index (κ3) is 3.24. The lowest BCUT2D eigenvalue weighted by molar-refractivity contribution is -0.138. The Morgan fingerprint density at radius 3 is 2.50 bits per heavy atom. The van der Waals surface area contributed by atoms with E-state index in [9.17, 15) is 4.79 Å². The first kappa shape index (κ1) is 9.56. The average Bonchev–Trinajstić information content (AvgIpc) is 2.63. The lowest BCUT2D eigenvalue weighted by Gasteiger charge is -2.14. The van der Waals surface area contributed by atoms with E-state index in [4.69, 9.17) is 5.11 Å². The van der Waals surface area contributed by atoms with Crippen molar-refractivity contribution in [1.29, 1.82) is 0 Å². The molecule has 2 nitrogen and oxygen atoms in total. The van der Waals surface area contributed by atoms with Gasteiger partial charge in [-0.3, -0.25) is 4.79 Å². The van der Waals surface area contributed by atoms with E-state index in [1.54, 1.807) is 0 Å². The van der Waals surface area contributed by atoms with Crippen LogP contribution in [-0.2, 0) is 4.79 Å². The number of carboxylic acid groups (broad SMARTS) is 1. The van der Waals surface area contributed by atoms with Gasteiger partial charge in [-0.2, -0.15) is 0 Å². The standard InChI is InChI=1S/C10H18O2/c1-7(6-10(11)12)5-8(2)9-3-4-9/h7-9H,3-6H2,1-2H3,(H,11,12). The molecule has 2 unspecified atom stereocenters. The maximum Gasteiger partial charge on any atom is 0.303 e.